The summed E-state index contributed by atoms with van der Waals surface area (Å²) in [7, 11) is 0. The molecule has 2 aromatic heterocycles. The molecule has 0 saturated carbocycles. The number of aromatic nitrogens is 6. The van der Waals surface area contributed by atoms with Crippen LogP contribution in [0.4, 0.5) is 0 Å². The molecule has 33 heavy (non-hydrogen) atoms. The van der Waals surface area contributed by atoms with E-state index in [-0.39, 0.29) is 5.91 Å². The van der Waals surface area contributed by atoms with Crippen molar-refractivity contribution in [3.05, 3.63) is 59.9 Å². The second kappa shape index (κ2) is 8.36. The Hall–Kier alpha value is -3.66. The van der Waals surface area contributed by atoms with E-state index in [1.54, 1.807) is 11.0 Å². The van der Waals surface area contributed by atoms with Crippen LogP contribution in [0.3, 0.4) is 0 Å². The minimum Gasteiger partial charge on any atom is -0.334 e. The lowest BCUT2D eigenvalue weighted by Crippen LogP contribution is -2.56. The zero-order valence-corrected chi connectivity index (χ0v) is 18.1. The molecule has 2 unspecified atom stereocenters. The molecule has 4 heterocycles. The summed E-state index contributed by atoms with van der Waals surface area (Å²) in [5.41, 5.74) is 4.71. The monoisotopic (exact) mass is 444 g/mol. The normalized spacial score (nSPS) is 20.5. The third kappa shape index (κ3) is 3.97. The highest BCUT2D eigenvalue weighted by Gasteiger charge is 2.42. The molecule has 1 amide bonds. The number of amides is 1. The highest BCUT2D eigenvalue weighted by molar-refractivity contribution is 5.80. The lowest BCUT2D eigenvalue weighted by molar-refractivity contribution is -0.136. The third-order valence-electron chi connectivity index (χ3n) is 6.79. The molecule has 10 nitrogen and oxygen atoms in total. The first-order valence-corrected chi connectivity index (χ1v) is 11.3. The first-order valence-electron chi connectivity index (χ1n) is 11.3. The van der Waals surface area contributed by atoms with Crippen LogP contribution in [0.2, 0.25) is 0 Å². The fourth-order valence-electron chi connectivity index (χ4n) is 5.16. The molecule has 2 aliphatic heterocycles. The van der Waals surface area contributed by atoms with Crippen molar-refractivity contribution in [2.75, 3.05) is 19.6 Å². The lowest BCUT2D eigenvalue weighted by Gasteiger charge is -2.41. The summed E-state index contributed by atoms with van der Waals surface area (Å²) in [4.78, 5) is 17.8. The average molecular weight is 444 g/mol. The second-order valence-electron chi connectivity index (χ2n) is 8.88. The maximum Gasteiger partial charge on any atom is 0.227 e. The van der Waals surface area contributed by atoms with E-state index in [4.69, 9.17) is 4.63 Å². The Morgan fingerprint density at radius 2 is 1.73 bits per heavy atom. The van der Waals surface area contributed by atoms with Gasteiger partial charge >= 0.3 is 0 Å². The van der Waals surface area contributed by atoms with E-state index in [1.165, 1.54) is 5.56 Å². The molecule has 2 fully saturated rings. The Morgan fingerprint density at radius 3 is 2.48 bits per heavy atom. The maximum absolute atomic E-state index is 13.2. The first-order chi connectivity index (χ1) is 16.2. The van der Waals surface area contributed by atoms with Crippen molar-refractivity contribution in [1.82, 2.24) is 40.3 Å². The number of benzene rings is 2. The summed E-state index contributed by atoms with van der Waals surface area (Å²) < 4.78 is 6.40. The topological polar surface area (TPSA) is 106 Å². The molecule has 2 bridgehead atoms. The van der Waals surface area contributed by atoms with E-state index in [9.17, 15) is 4.79 Å². The number of hydrogen-bond acceptors (Lipinski definition) is 8. The van der Waals surface area contributed by atoms with Crippen LogP contribution in [0.15, 0.2) is 53.4 Å². The molecule has 168 valence electrons. The second-order valence-corrected chi connectivity index (χ2v) is 8.88. The number of rotatable bonds is 6. The molecular formula is C23H24N8O2. The minimum absolute atomic E-state index is 0.223. The zero-order chi connectivity index (χ0) is 22.2. The van der Waals surface area contributed by atoms with Gasteiger partial charge in [0.25, 0.3) is 0 Å². The van der Waals surface area contributed by atoms with Crippen LogP contribution in [-0.4, -0.2) is 77.9 Å². The highest BCUT2D eigenvalue weighted by atomic mass is 16.6. The Morgan fingerprint density at radius 1 is 0.970 bits per heavy atom. The molecule has 2 atom stereocenters. The number of fused-ring (bicyclic) bond motifs is 3. The van der Waals surface area contributed by atoms with Gasteiger partial charge in [-0.15, -0.1) is 5.10 Å². The lowest BCUT2D eigenvalue weighted by atomic mass is 10.1. The van der Waals surface area contributed by atoms with Crippen LogP contribution in [0.1, 0.15) is 24.0 Å². The van der Waals surface area contributed by atoms with Gasteiger partial charge in [-0.3, -0.25) is 9.69 Å². The Labute approximate surface area is 190 Å². The van der Waals surface area contributed by atoms with Crippen LogP contribution in [0, 0.1) is 0 Å². The molecule has 4 aromatic rings. The van der Waals surface area contributed by atoms with Crippen molar-refractivity contribution >= 4 is 16.9 Å². The van der Waals surface area contributed by atoms with Gasteiger partial charge < -0.3 is 4.90 Å². The minimum atomic E-state index is 0.223. The maximum atomic E-state index is 13.2. The number of carbonyl (C=O) groups excluding carboxylic acids is 1. The van der Waals surface area contributed by atoms with E-state index >= 15 is 0 Å². The van der Waals surface area contributed by atoms with Crippen LogP contribution < -0.4 is 0 Å². The number of hydrogen-bond donors (Lipinski definition) is 0. The van der Waals surface area contributed by atoms with Crippen molar-refractivity contribution in [3.63, 3.8) is 0 Å². The smallest absolute Gasteiger partial charge is 0.227 e. The number of carbonyl (C=O) groups is 1. The van der Waals surface area contributed by atoms with Crippen LogP contribution in [-0.2, 0) is 17.6 Å². The summed E-state index contributed by atoms with van der Waals surface area (Å²) in [6.07, 6.45) is 5.10. The standard InChI is InChI=1S/C23H24N8O2/c32-23(12-16-1-4-18(5-2-16)30-15-24-27-28-30)31-19-6-7-20(31)14-29(13-19)10-9-17-3-8-21-22(11-17)26-33-25-21/h1-5,8,11,15,19-20H,6-7,9-10,12-14H2. The third-order valence-corrected chi connectivity index (χ3v) is 6.79. The predicted molar refractivity (Wildman–Crippen MR) is 118 cm³/mol. The molecule has 2 saturated heterocycles. The molecule has 10 heteroatoms. The SMILES string of the molecule is O=C(Cc1ccc(-n2cnnn2)cc1)N1C2CCC1CN(CCc1ccc3nonc3c1)C2. The highest BCUT2D eigenvalue weighted by Crippen LogP contribution is 2.31. The fraction of sp³-hybridized carbons (Fsp3) is 0.391. The molecule has 2 aliphatic rings. The molecule has 0 N–H and O–H groups in total. The van der Waals surface area contributed by atoms with Gasteiger partial charge in [0.15, 0.2) is 0 Å². The molecule has 0 spiro atoms. The summed E-state index contributed by atoms with van der Waals surface area (Å²) in [5, 5.41) is 19.0. The van der Waals surface area contributed by atoms with Gasteiger partial charge in [-0.05, 0) is 75.4 Å². The van der Waals surface area contributed by atoms with Gasteiger partial charge in [0.1, 0.15) is 17.4 Å². The number of piperazine rings is 1. The Bertz CT molecular complexity index is 1240. The van der Waals surface area contributed by atoms with Gasteiger partial charge in [0, 0.05) is 31.7 Å². The number of tetrazole rings is 1. The van der Waals surface area contributed by atoms with E-state index in [0.29, 0.717) is 18.5 Å². The van der Waals surface area contributed by atoms with Crippen molar-refractivity contribution in [3.8, 4) is 5.69 Å². The van der Waals surface area contributed by atoms with E-state index < -0.39 is 0 Å². The van der Waals surface area contributed by atoms with Gasteiger partial charge in [0.2, 0.25) is 5.91 Å². The van der Waals surface area contributed by atoms with Gasteiger partial charge in [-0.1, -0.05) is 18.2 Å². The van der Waals surface area contributed by atoms with Gasteiger partial charge in [-0.25, -0.2) is 9.31 Å². The first kappa shape index (κ1) is 20.0. The van der Waals surface area contributed by atoms with E-state index in [0.717, 1.165) is 61.2 Å². The molecular weight excluding hydrogens is 420 g/mol. The van der Waals surface area contributed by atoms with E-state index in [1.807, 2.05) is 36.4 Å². The molecule has 2 aromatic carbocycles. The Balaban J connectivity index is 1.06. The summed E-state index contributed by atoms with van der Waals surface area (Å²) in [5.74, 6) is 0.223. The van der Waals surface area contributed by atoms with Gasteiger partial charge in [0.05, 0.1) is 12.1 Å². The number of likely N-dealkylation sites (tertiary alicyclic amines) is 1. The van der Waals surface area contributed by atoms with Crippen molar-refractivity contribution in [2.24, 2.45) is 0 Å². The predicted octanol–water partition coefficient (Wildman–Crippen LogP) is 1.66. The summed E-state index contributed by atoms with van der Waals surface area (Å²) in [6.45, 7) is 2.85. The molecule has 0 radical (unpaired) electrons. The van der Waals surface area contributed by atoms with Gasteiger partial charge in [-0.2, -0.15) is 0 Å². The molecule has 0 aliphatic carbocycles. The quantitative estimate of drug-likeness (QED) is 0.442. The van der Waals surface area contributed by atoms with E-state index in [2.05, 4.69) is 41.7 Å². The summed E-state index contributed by atoms with van der Waals surface area (Å²) in [6, 6.07) is 14.5. The fourth-order valence-corrected chi connectivity index (χ4v) is 5.16. The van der Waals surface area contributed by atoms with Crippen LogP contribution >= 0.6 is 0 Å². The number of nitrogens with zero attached hydrogens (tertiary/aromatic N) is 8. The average Bonchev–Trinajstić information content (AvgIpc) is 3.58. The van der Waals surface area contributed by atoms with Crippen molar-refractivity contribution < 1.29 is 9.42 Å². The van der Waals surface area contributed by atoms with Crippen LogP contribution in [0.5, 0.6) is 0 Å². The molecule has 6 rings (SSSR count). The Kier molecular flexibility index (Phi) is 5.06. The largest absolute Gasteiger partial charge is 0.334 e. The zero-order valence-electron chi connectivity index (χ0n) is 18.1. The summed E-state index contributed by atoms with van der Waals surface area (Å²) >= 11 is 0. The van der Waals surface area contributed by atoms with Crippen molar-refractivity contribution in [2.45, 2.75) is 37.8 Å². The van der Waals surface area contributed by atoms with Crippen LogP contribution in [0.25, 0.3) is 16.7 Å². The van der Waals surface area contributed by atoms with Crippen molar-refractivity contribution in [1.29, 1.82) is 0 Å².